The van der Waals surface area contributed by atoms with Crippen LogP contribution in [0.15, 0.2) is 18.2 Å². The minimum absolute atomic E-state index is 0.286. The maximum atomic E-state index is 5.71. The molecule has 1 atom stereocenters. The molecule has 1 heteroatoms. The van der Waals surface area contributed by atoms with Gasteiger partial charge >= 0.3 is 0 Å². The van der Waals surface area contributed by atoms with Gasteiger partial charge < -0.3 is 4.74 Å². The highest BCUT2D eigenvalue weighted by atomic mass is 16.5. The van der Waals surface area contributed by atoms with Crippen molar-refractivity contribution in [2.75, 3.05) is 6.61 Å². The van der Waals surface area contributed by atoms with E-state index in [4.69, 9.17) is 4.74 Å². The molecule has 0 fully saturated rings. The van der Waals surface area contributed by atoms with Gasteiger partial charge in [-0.05, 0) is 47.9 Å². The molecule has 0 aliphatic carbocycles. The quantitative estimate of drug-likeness (QED) is 0.717. The fourth-order valence-electron chi connectivity index (χ4n) is 1.86. The molecule has 1 unspecified atom stereocenters. The molecule has 96 valence electrons. The predicted octanol–water partition coefficient (Wildman–Crippen LogP) is 4.93. The second-order valence-corrected chi connectivity index (χ2v) is 5.95. The molecule has 0 aromatic heterocycles. The van der Waals surface area contributed by atoms with Crippen LogP contribution in [0, 0.1) is 12.3 Å². The van der Waals surface area contributed by atoms with Gasteiger partial charge in [0.2, 0.25) is 0 Å². The molecule has 0 saturated carbocycles. The lowest BCUT2D eigenvalue weighted by Crippen LogP contribution is -2.16. The van der Waals surface area contributed by atoms with Gasteiger partial charge in [-0.3, -0.25) is 0 Å². The van der Waals surface area contributed by atoms with E-state index in [-0.39, 0.29) is 5.41 Å². The maximum absolute atomic E-state index is 5.71. The van der Waals surface area contributed by atoms with Gasteiger partial charge in [-0.2, -0.15) is 0 Å². The van der Waals surface area contributed by atoms with E-state index >= 15 is 0 Å². The van der Waals surface area contributed by atoms with Crippen molar-refractivity contribution in [1.29, 1.82) is 0 Å². The Bertz CT molecular complexity index is 360. The first-order valence-electron chi connectivity index (χ1n) is 6.59. The molecule has 1 nitrogen and oxygen atoms in total. The minimum atomic E-state index is 0.286. The van der Waals surface area contributed by atoms with Crippen LogP contribution >= 0.6 is 0 Å². The monoisotopic (exact) mass is 234 g/mol. The van der Waals surface area contributed by atoms with Crippen molar-refractivity contribution >= 4 is 0 Å². The van der Waals surface area contributed by atoms with Gasteiger partial charge in [-0.25, -0.2) is 0 Å². The third-order valence-electron chi connectivity index (χ3n) is 3.49. The number of aryl methyl sites for hydroxylation is 1. The van der Waals surface area contributed by atoms with Crippen LogP contribution in [-0.4, -0.2) is 6.61 Å². The first-order chi connectivity index (χ1) is 7.86. The van der Waals surface area contributed by atoms with Crippen molar-refractivity contribution in [2.24, 2.45) is 5.41 Å². The molecular weight excluding hydrogens is 208 g/mol. The number of benzene rings is 1. The molecule has 0 heterocycles. The number of hydrogen-bond donors (Lipinski definition) is 0. The molecule has 0 bridgehead atoms. The normalized spacial score (nSPS) is 13.5. The third-order valence-corrected chi connectivity index (χ3v) is 3.49. The summed E-state index contributed by atoms with van der Waals surface area (Å²) in [7, 11) is 0. The van der Waals surface area contributed by atoms with Crippen molar-refractivity contribution in [3.05, 3.63) is 29.3 Å². The van der Waals surface area contributed by atoms with Gasteiger partial charge in [-0.1, -0.05) is 40.7 Å². The van der Waals surface area contributed by atoms with E-state index in [1.54, 1.807) is 0 Å². The SMILES string of the molecule is CCCOc1ccc(C)c(C(C)C(C)(C)C)c1. The number of rotatable bonds is 4. The zero-order valence-electron chi connectivity index (χ0n) is 12.1. The van der Waals surface area contributed by atoms with Crippen molar-refractivity contribution in [1.82, 2.24) is 0 Å². The van der Waals surface area contributed by atoms with Crippen molar-refractivity contribution < 1.29 is 4.74 Å². The van der Waals surface area contributed by atoms with Gasteiger partial charge in [0.05, 0.1) is 6.61 Å². The van der Waals surface area contributed by atoms with Crippen LogP contribution < -0.4 is 4.74 Å². The fraction of sp³-hybridized carbons (Fsp3) is 0.625. The smallest absolute Gasteiger partial charge is 0.119 e. The Morgan fingerprint density at radius 3 is 2.41 bits per heavy atom. The van der Waals surface area contributed by atoms with E-state index in [1.807, 2.05) is 0 Å². The lowest BCUT2D eigenvalue weighted by molar-refractivity contribution is 0.313. The Hall–Kier alpha value is -0.980. The van der Waals surface area contributed by atoms with E-state index in [0.717, 1.165) is 18.8 Å². The van der Waals surface area contributed by atoms with Crippen LogP contribution in [0.2, 0.25) is 0 Å². The van der Waals surface area contributed by atoms with E-state index in [1.165, 1.54) is 11.1 Å². The Morgan fingerprint density at radius 2 is 1.88 bits per heavy atom. The molecule has 1 rings (SSSR count). The average Bonchev–Trinajstić information content (AvgIpc) is 2.26. The second kappa shape index (κ2) is 5.57. The summed E-state index contributed by atoms with van der Waals surface area (Å²) in [6, 6.07) is 6.45. The zero-order valence-corrected chi connectivity index (χ0v) is 12.1. The van der Waals surface area contributed by atoms with Crippen LogP contribution in [0.3, 0.4) is 0 Å². The molecule has 1 aromatic carbocycles. The molecule has 0 aliphatic heterocycles. The van der Waals surface area contributed by atoms with Gasteiger partial charge in [0.1, 0.15) is 5.75 Å². The molecule has 0 radical (unpaired) electrons. The zero-order chi connectivity index (χ0) is 13.1. The first-order valence-corrected chi connectivity index (χ1v) is 6.59. The molecule has 17 heavy (non-hydrogen) atoms. The molecule has 0 N–H and O–H groups in total. The van der Waals surface area contributed by atoms with Crippen molar-refractivity contribution in [2.45, 2.75) is 53.9 Å². The van der Waals surface area contributed by atoms with Crippen LogP contribution in [0.25, 0.3) is 0 Å². The highest BCUT2D eigenvalue weighted by molar-refractivity contribution is 5.37. The third kappa shape index (κ3) is 3.76. The number of ether oxygens (including phenoxy) is 1. The fourth-order valence-corrected chi connectivity index (χ4v) is 1.86. The van der Waals surface area contributed by atoms with Crippen molar-refractivity contribution in [3.63, 3.8) is 0 Å². The highest BCUT2D eigenvalue weighted by Gasteiger charge is 2.23. The van der Waals surface area contributed by atoms with Crippen LogP contribution in [0.5, 0.6) is 5.75 Å². The van der Waals surface area contributed by atoms with Gasteiger partial charge in [0.25, 0.3) is 0 Å². The summed E-state index contributed by atoms with van der Waals surface area (Å²) in [5.74, 6) is 1.54. The Kier molecular flexibility index (Phi) is 4.62. The number of hydrogen-bond acceptors (Lipinski definition) is 1. The maximum Gasteiger partial charge on any atom is 0.119 e. The first kappa shape index (κ1) is 14.1. The van der Waals surface area contributed by atoms with Crippen LogP contribution in [-0.2, 0) is 0 Å². The van der Waals surface area contributed by atoms with Crippen LogP contribution in [0.4, 0.5) is 0 Å². The minimum Gasteiger partial charge on any atom is -0.494 e. The van der Waals surface area contributed by atoms with E-state index in [0.29, 0.717) is 5.92 Å². The molecule has 0 amide bonds. The summed E-state index contributed by atoms with van der Waals surface area (Å²) in [5, 5.41) is 0. The largest absolute Gasteiger partial charge is 0.494 e. The van der Waals surface area contributed by atoms with Gasteiger partial charge in [-0.15, -0.1) is 0 Å². The summed E-state index contributed by atoms with van der Waals surface area (Å²) in [4.78, 5) is 0. The molecule has 0 spiro atoms. The van der Waals surface area contributed by atoms with Crippen molar-refractivity contribution in [3.8, 4) is 5.75 Å². The Labute approximate surface area is 106 Å². The summed E-state index contributed by atoms with van der Waals surface area (Å²) in [6.45, 7) is 14.3. The molecule has 0 aliphatic rings. The summed E-state index contributed by atoms with van der Waals surface area (Å²) in [5.41, 5.74) is 3.05. The van der Waals surface area contributed by atoms with Gasteiger partial charge in [0.15, 0.2) is 0 Å². The highest BCUT2D eigenvalue weighted by Crippen LogP contribution is 2.37. The van der Waals surface area contributed by atoms with Crippen LogP contribution in [0.1, 0.15) is 58.1 Å². The second-order valence-electron chi connectivity index (χ2n) is 5.95. The molecule has 1 aromatic rings. The Morgan fingerprint density at radius 1 is 1.24 bits per heavy atom. The summed E-state index contributed by atoms with van der Waals surface area (Å²) < 4.78 is 5.71. The lowest BCUT2D eigenvalue weighted by Gasteiger charge is -2.29. The summed E-state index contributed by atoms with van der Waals surface area (Å²) >= 11 is 0. The Balaban J connectivity index is 2.98. The molecule has 0 saturated heterocycles. The standard InChI is InChI=1S/C16H26O/c1-7-10-17-14-9-8-12(2)15(11-14)13(3)16(4,5)6/h8-9,11,13H,7,10H2,1-6H3. The van der Waals surface area contributed by atoms with E-state index < -0.39 is 0 Å². The van der Waals surface area contributed by atoms with Gasteiger partial charge in [0, 0.05) is 0 Å². The predicted molar refractivity (Wildman–Crippen MR) is 74.8 cm³/mol. The summed E-state index contributed by atoms with van der Waals surface area (Å²) in [6.07, 6.45) is 1.05. The lowest BCUT2D eigenvalue weighted by atomic mass is 9.76. The molecular formula is C16H26O. The average molecular weight is 234 g/mol. The topological polar surface area (TPSA) is 9.23 Å². The van der Waals surface area contributed by atoms with E-state index in [9.17, 15) is 0 Å². The van der Waals surface area contributed by atoms with E-state index in [2.05, 4.69) is 59.7 Å².